The molecule has 1 N–H and O–H groups in total. The predicted molar refractivity (Wildman–Crippen MR) is 113 cm³/mol. The molecule has 0 radical (unpaired) electrons. The number of rotatable bonds is 2. The van der Waals surface area contributed by atoms with Crippen LogP contribution in [0.3, 0.4) is 0 Å². The molecule has 6 heteroatoms. The number of fused-ring (bicyclic) bond motifs is 2. The summed E-state index contributed by atoms with van der Waals surface area (Å²) in [6, 6.07) is 13.9. The monoisotopic (exact) mass is 409 g/mol. The first-order valence-corrected chi connectivity index (χ1v) is 10.3. The van der Waals surface area contributed by atoms with E-state index in [1.165, 1.54) is 11.6 Å². The van der Waals surface area contributed by atoms with Crippen molar-refractivity contribution in [3.63, 3.8) is 0 Å². The second-order valence-corrected chi connectivity index (χ2v) is 8.53. The molecule has 148 valence electrons. The summed E-state index contributed by atoms with van der Waals surface area (Å²) < 4.78 is 13.8. The molecule has 29 heavy (non-hydrogen) atoms. The van der Waals surface area contributed by atoms with E-state index in [2.05, 4.69) is 10.3 Å². The lowest BCUT2D eigenvalue weighted by molar-refractivity contribution is 0.218. The third-order valence-corrected chi connectivity index (χ3v) is 6.56. The largest absolute Gasteiger partial charge is 0.324 e. The van der Waals surface area contributed by atoms with Crippen LogP contribution in [0.5, 0.6) is 0 Å². The maximum atomic E-state index is 13.8. The molecular formula is C23H21ClFN3O. The summed E-state index contributed by atoms with van der Waals surface area (Å²) in [5.41, 5.74) is 2.77. The van der Waals surface area contributed by atoms with E-state index in [1.807, 2.05) is 17.2 Å². The fraction of sp³-hybridized carbons (Fsp3) is 0.304. The van der Waals surface area contributed by atoms with Gasteiger partial charge in [-0.1, -0.05) is 11.6 Å². The SMILES string of the molecule is O=C(Nc1ccc(Cl)cc1)N1CC2C[C@H](c3ccnc4ccc(F)cc34)C[C@@H]2C1. The zero-order valence-corrected chi connectivity index (χ0v) is 16.6. The smallest absolute Gasteiger partial charge is 0.321 e. The van der Waals surface area contributed by atoms with Crippen molar-refractivity contribution in [1.82, 2.24) is 9.88 Å². The summed E-state index contributed by atoms with van der Waals surface area (Å²) >= 11 is 5.90. The van der Waals surface area contributed by atoms with Gasteiger partial charge in [0.1, 0.15) is 5.82 Å². The highest BCUT2D eigenvalue weighted by atomic mass is 35.5. The third-order valence-electron chi connectivity index (χ3n) is 6.31. The highest BCUT2D eigenvalue weighted by Gasteiger charge is 2.43. The van der Waals surface area contributed by atoms with Gasteiger partial charge >= 0.3 is 6.03 Å². The zero-order valence-electron chi connectivity index (χ0n) is 15.8. The van der Waals surface area contributed by atoms with Gasteiger partial charge in [0, 0.05) is 35.4 Å². The standard InChI is InChI=1S/C23H21ClFN3O/c24-17-1-4-19(5-2-17)27-23(29)28-12-15-9-14(10-16(15)13-28)20-7-8-26-22-6-3-18(25)11-21(20)22/h1-8,11,14-16H,9-10,12-13H2,(H,27,29)/t14-,15-,16?/m1/s1. The van der Waals surface area contributed by atoms with E-state index in [-0.39, 0.29) is 11.8 Å². The lowest BCUT2D eigenvalue weighted by Crippen LogP contribution is -2.33. The van der Waals surface area contributed by atoms with E-state index < -0.39 is 0 Å². The normalized spacial score (nSPS) is 23.4. The van der Waals surface area contributed by atoms with Crippen molar-refractivity contribution >= 4 is 34.2 Å². The molecule has 4 nitrogen and oxygen atoms in total. The van der Waals surface area contributed by atoms with Gasteiger partial charge in [-0.05, 0) is 84.7 Å². The summed E-state index contributed by atoms with van der Waals surface area (Å²) in [5.74, 6) is 1.12. The van der Waals surface area contributed by atoms with Crippen molar-refractivity contribution in [2.24, 2.45) is 11.8 Å². The number of benzene rings is 2. The van der Waals surface area contributed by atoms with Crippen LogP contribution in [0.15, 0.2) is 54.7 Å². The van der Waals surface area contributed by atoms with Crippen molar-refractivity contribution in [1.29, 1.82) is 0 Å². The number of urea groups is 1. The molecule has 1 saturated heterocycles. The second kappa shape index (κ2) is 7.30. The van der Waals surface area contributed by atoms with E-state index in [1.54, 1.807) is 36.4 Å². The molecule has 1 aromatic heterocycles. The molecule has 1 unspecified atom stereocenters. The van der Waals surface area contributed by atoms with Crippen LogP contribution in [0.25, 0.3) is 10.9 Å². The fourth-order valence-electron chi connectivity index (χ4n) is 4.95. The van der Waals surface area contributed by atoms with Gasteiger partial charge in [-0.25, -0.2) is 9.18 Å². The summed E-state index contributed by atoms with van der Waals surface area (Å²) in [6.07, 6.45) is 3.85. The van der Waals surface area contributed by atoms with Crippen LogP contribution in [-0.2, 0) is 0 Å². The maximum absolute atomic E-state index is 13.8. The van der Waals surface area contributed by atoms with Crippen molar-refractivity contribution in [2.45, 2.75) is 18.8 Å². The first kappa shape index (κ1) is 18.4. The molecule has 2 fully saturated rings. The van der Waals surface area contributed by atoms with Crippen LogP contribution in [0.4, 0.5) is 14.9 Å². The molecule has 2 amide bonds. The Hall–Kier alpha value is -2.66. The van der Waals surface area contributed by atoms with Crippen LogP contribution in [0, 0.1) is 17.7 Å². The van der Waals surface area contributed by atoms with Crippen molar-refractivity contribution in [3.8, 4) is 0 Å². The molecule has 2 aromatic carbocycles. The number of carbonyl (C=O) groups excluding carboxylic acids is 1. The number of amides is 2. The molecular weight excluding hydrogens is 389 g/mol. The van der Waals surface area contributed by atoms with Gasteiger partial charge in [0.25, 0.3) is 0 Å². The summed E-state index contributed by atoms with van der Waals surface area (Å²) in [7, 11) is 0. The van der Waals surface area contributed by atoms with E-state index in [0.29, 0.717) is 22.8 Å². The van der Waals surface area contributed by atoms with Crippen LogP contribution in [0.2, 0.25) is 5.02 Å². The highest BCUT2D eigenvalue weighted by Crippen LogP contribution is 2.47. The minimum Gasteiger partial charge on any atom is -0.324 e. The minimum absolute atomic E-state index is 0.0605. The molecule has 1 saturated carbocycles. The lowest BCUT2D eigenvalue weighted by Gasteiger charge is -2.20. The van der Waals surface area contributed by atoms with Crippen LogP contribution >= 0.6 is 11.6 Å². The van der Waals surface area contributed by atoms with E-state index in [9.17, 15) is 9.18 Å². The van der Waals surface area contributed by atoms with Gasteiger partial charge in [-0.2, -0.15) is 0 Å². The number of anilines is 1. The Labute approximate surface area is 173 Å². The number of aromatic nitrogens is 1. The Morgan fingerprint density at radius 3 is 2.52 bits per heavy atom. The quantitative estimate of drug-likeness (QED) is 0.591. The first-order valence-electron chi connectivity index (χ1n) is 9.92. The topological polar surface area (TPSA) is 45.2 Å². The number of nitrogens with one attached hydrogen (secondary N) is 1. The van der Waals surface area contributed by atoms with E-state index in [0.717, 1.165) is 42.5 Å². The number of nitrogens with zero attached hydrogens (tertiary/aromatic N) is 2. The number of pyridine rings is 1. The van der Waals surface area contributed by atoms with Crippen LogP contribution < -0.4 is 5.32 Å². The van der Waals surface area contributed by atoms with Gasteiger partial charge in [0.05, 0.1) is 5.52 Å². The molecule has 3 aromatic rings. The van der Waals surface area contributed by atoms with Gasteiger partial charge in [0.15, 0.2) is 0 Å². The highest BCUT2D eigenvalue weighted by molar-refractivity contribution is 6.30. The molecule has 3 atom stereocenters. The average molecular weight is 410 g/mol. The summed E-state index contributed by atoms with van der Waals surface area (Å²) in [5, 5.41) is 4.51. The molecule has 2 heterocycles. The van der Waals surface area contributed by atoms with Gasteiger partial charge in [0.2, 0.25) is 0 Å². The zero-order chi connectivity index (χ0) is 20.0. The Morgan fingerprint density at radius 2 is 1.79 bits per heavy atom. The number of hydrogen-bond acceptors (Lipinski definition) is 2. The Morgan fingerprint density at radius 1 is 1.07 bits per heavy atom. The van der Waals surface area contributed by atoms with E-state index in [4.69, 9.17) is 11.6 Å². The molecule has 0 bridgehead atoms. The molecule has 5 rings (SSSR count). The maximum Gasteiger partial charge on any atom is 0.321 e. The van der Waals surface area contributed by atoms with Crippen molar-refractivity contribution < 1.29 is 9.18 Å². The Bertz CT molecular complexity index is 1060. The van der Waals surface area contributed by atoms with Crippen LogP contribution in [0.1, 0.15) is 24.3 Å². The minimum atomic E-state index is -0.227. The van der Waals surface area contributed by atoms with Gasteiger partial charge in [-0.3, -0.25) is 4.98 Å². The van der Waals surface area contributed by atoms with E-state index >= 15 is 0 Å². The second-order valence-electron chi connectivity index (χ2n) is 8.09. The first-order chi connectivity index (χ1) is 14.1. The number of likely N-dealkylation sites (tertiary alicyclic amines) is 1. The average Bonchev–Trinajstić information content (AvgIpc) is 3.28. The Balaban J connectivity index is 1.27. The van der Waals surface area contributed by atoms with Crippen molar-refractivity contribution in [3.05, 3.63) is 71.1 Å². The molecule has 1 aliphatic carbocycles. The lowest BCUT2D eigenvalue weighted by atomic mass is 9.93. The summed E-state index contributed by atoms with van der Waals surface area (Å²) in [6.45, 7) is 1.52. The Kier molecular flexibility index (Phi) is 4.63. The molecule has 1 aliphatic heterocycles. The summed E-state index contributed by atoms with van der Waals surface area (Å²) in [4.78, 5) is 18.9. The molecule has 2 aliphatic rings. The number of hydrogen-bond donors (Lipinski definition) is 1. The third kappa shape index (κ3) is 3.55. The van der Waals surface area contributed by atoms with Crippen LogP contribution in [-0.4, -0.2) is 29.0 Å². The van der Waals surface area contributed by atoms with Crippen molar-refractivity contribution in [2.75, 3.05) is 18.4 Å². The predicted octanol–water partition coefficient (Wildman–Crippen LogP) is 5.68. The van der Waals surface area contributed by atoms with Gasteiger partial charge < -0.3 is 10.2 Å². The molecule has 0 spiro atoms. The fourth-order valence-corrected chi connectivity index (χ4v) is 5.08. The van der Waals surface area contributed by atoms with Gasteiger partial charge in [-0.15, -0.1) is 0 Å². The number of carbonyl (C=O) groups is 1. The number of halogens is 2.